The Bertz CT molecular complexity index is 531. The molecule has 0 saturated carbocycles. The molecule has 4 nitrogen and oxygen atoms in total. The number of aryl methyl sites for hydroxylation is 2. The van der Waals surface area contributed by atoms with Crippen LogP contribution in [0.25, 0.3) is 0 Å². The molecule has 2 rings (SSSR count). The van der Waals surface area contributed by atoms with Crippen LogP contribution < -0.4 is 5.32 Å². The van der Waals surface area contributed by atoms with Crippen LogP contribution in [-0.4, -0.2) is 21.3 Å². The van der Waals surface area contributed by atoms with Gasteiger partial charge in [0, 0.05) is 18.9 Å². The molecule has 0 spiro atoms. The maximum absolute atomic E-state index is 4.39. The summed E-state index contributed by atoms with van der Waals surface area (Å²) in [7, 11) is 1.96. The van der Waals surface area contributed by atoms with Gasteiger partial charge in [-0.05, 0) is 47.4 Å². The lowest BCUT2D eigenvalue weighted by Gasteiger charge is -2.21. The molecule has 0 aromatic carbocycles. The molecule has 0 fully saturated rings. The smallest absolute Gasteiger partial charge is 0.0777 e. The lowest BCUT2D eigenvalue weighted by Crippen LogP contribution is -2.26. The summed E-state index contributed by atoms with van der Waals surface area (Å²) in [5.41, 5.74) is 3.37. The molecule has 0 saturated heterocycles. The second-order valence-electron chi connectivity index (χ2n) is 4.57. The highest BCUT2D eigenvalue weighted by Gasteiger charge is 2.21. The van der Waals surface area contributed by atoms with E-state index in [0.29, 0.717) is 0 Å². The number of rotatable bonds is 5. The van der Waals surface area contributed by atoms with Gasteiger partial charge in [-0.15, -0.1) is 0 Å². The van der Waals surface area contributed by atoms with Gasteiger partial charge >= 0.3 is 0 Å². The predicted octanol–water partition coefficient (Wildman–Crippen LogP) is 2.98. The molecule has 19 heavy (non-hydrogen) atoms. The number of pyridine rings is 1. The summed E-state index contributed by atoms with van der Waals surface area (Å²) in [6.45, 7) is 5.16. The van der Waals surface area contributed by atoms with Crippen molar-refractivity contribution in [1.29, 1.82) is 0 Å². The number of nitrogens with one attached hydrogen (secondary N) is 1. The first-order valence-corrected chi connectivity index (χ1v) is 7.26. The monoisotopic (exact) mass is 322 g/mol. The maximum atomic E-state index is 4.39. The second-order valence-corrected chi connectivity index (χ2v) is 5.42. The van der Waals surface area contributed by atoms with E-state index in [4.69, 9.17) is 0 Å². The standard InChI is InChI=1S/C14H19BrN4/c1-4-7-17-13(11-6-5-8-16-10(11)2)14-12(15)9-18-19(14)3/h5-6,8-9,13,17H,4,7H2,1-3H3. The highest BCUT2D eigenvalue weighted by molar-refractivity contribution is 9.10. The van der Waals surface area contributed by atoms with Gasteiger partial charge in [0.1, 0.15) is 0 Å². The van der Waals surface area contributed by atoms with E-state index < -0.39 is 0 Å². The first-order chi connectivity index (χ1) is 9.15. The van der Waals surface area contributed by atoms with Gasteiger partial charge in [-0.2, -0.15) is 5.10 Å². The molecule has 0 aliphatic rings. The zero-order valence-electron chi connectivity index (χ0n) is 11.5. The molecule has 0 aliphatic carbocycles. The lowest BCUT2D eigenvalue weighted by molar-refractivity contribution is 0.548. The largest absolute Gasteiger partial charge is 0.305 e. The second kappa shape index (κ2) is 6.30. The first-order valence-electron chi connectivity index (χ1n) is 6.47. The SMILES string of the molecule is CCCNC(c1cccnc1C)c1c(Br)cnn1C. The summed E-state index contributed by atoms with van der Waals surface area (Å²) in [4.78, 5) is 4.39. The quantitative estimate of drug-likeness (QED) is 0.920. The summed E-state index contributed by atoms with van der Waals surface area (Å²) >= 11 is 3.59. The molecule has 0 aliphatic heterocycles. The Balaban J connectivity index is 2.45. The van der Waals surface area contributed by atoms with Gasteiger partial charge in [0.15, 0.2) is 0 Å². The van der Waals surface area contributed by atoms with Gasteiger partial charge in [0.2, 0.25) is 0 Å². The van der Waals surface area contributed by atoms with E-state index in [0.717, 1.165) is 28.8 Å². The summed E-state index contributed by atoms with van der Waals surface area (Å²) in [5, 5.41) is 7.89. The van der Waals surface area contributed by atoms with Gasteiger partial charge < -0.3 is 5.32 Å². The van der Waals surface area contributed by atoms with Crippen LogP contribution in [0.15, 0.2) is 29.0 Å². The van der Waals surface area contributed by atoms with Crippen molar-refractivity contribution in [1.82, 2.24) is 20.1 Å². The van der Waals surface area contributed by atoms with Crippen LogP contribution in [-0.2, 0) is 7.05 Å². The summed E-state index contributed by atoms with van der Waals surface area (Å²) < 4.78 is 2.93. The fourth-order valence-corrected chi connectivity index (χ4v) is 2.77. The molecule has 102 valence electrons. The molecule has 1 atom stereocenters. The molecule has 0 bridgehead atoms. The zero-order valence-corrected chi connectivity index (χ0v) is 13.1. The highest BCUT2D eigenvalue weighted by Crippen LogP contribution is 2.29. The van der Waals surface area contributed by atoms with Crippen molar-refractivity contribution in [3.8, 4) is 0 Å². The molecular formula is C14H19BrN4. The average molecular weight is 323 g/mol. The average Bonchev–Trinajstić information content (AvgIpc) is 2.73. The third-order valence-corrected chi connectivity index (χ3v) is 3.78. The van der Waals surface area contributed by atoms with Gasteiger partial charge in [0.05, 0.1) is 22.4 Å². The third kappa shape index (κ3) is 3.04. The molecule has 1 unspecified atom stereocenters. The fourth-order valence-electron chi connectivity index (χ4n) is 2.19. The minimum atomic E-state index is 0.107. The maximum Gasteiger partial charge on any atom is 0.0777 e. The van der Waals surface area contributed by atoms with Gasteiger partial charge in [-0.25, -0.2) is 0 Å². The Morgan fingerprint density at radius 1 is 1.47 bits per heavy atom. The Labute approximate surface area is 122 Å². The Hall–Kier alpha value is -1.20. The summed E-state index contributed by atoms with van der Waals surface area (Å²) in [5.74, 6) is 0. The van der Waals surface area contributed by atoms with Crippen LogP contribution in [0.5, 0.6) is 0 Å². The van der Waals surface area contributed by atoms with Crippen LogP contribution in [0, 0.1) is 6.92 Å². The summed E-state index contributed by atoms with van der Waals surface area (Å²) in [6.07, 6.45) is 4.75. The Kier molecular flexibility index (Phi) is 4.71. The Morgan fingerprint density at radius 2 is 2.26 bits per heavy atom. The van der Waals surface area contributed by atoms with Crippen molar-refractivity contribution < 1.29 is 0 Å². The number of aromatic nitrogens is 3. The molecule has 1 N–H and O–H groups in total. The zero-order chi connectivity index (χ0) is 13.8. The van der Waals surface area contributed by atoms with E-state index in [2.05, 4.69) is 44.3 Å². The molecule has 2 aromatic rings. The van der Waals surface area contributed by atoms with Gasteiger partial charge in [-0.3, -0.25) is 9.67 Å². The number of hydrogen-bond acceptors (Lipinski definition) is 3. The van der Waals surface area contributed by atoms with E-state index in [1.807, 2.05) is 37.1 Å². The van der Waals surface area contributed by atoms with Crippen LogP contribution in [0.1, 0.15) is 36.3 Å². The van der Waals surface area contributed by atoms with Crippen LogP contribution >= 0.6 is 15.9 Å². The van der Waals surface area contributed by atoms with E-state index in [1.165, 1.54) is 5.56 Å². The van der Waals surface area contributed by atoms with E-state index in [1.54, 1.807) is 0 Å². The minimum Gasteiger partial charge on any atom is -0.305 e. The van der Waals surface area contributed by atoms with Crippen molar-refractivity contribution in [2.75, 3.05) is 6.54 Å². The minimum absolute atomic E-state index is 0.107. The normalized spacial score (nSPS) is 12.6. The molecule has 5 heteroatoms. The predicted molar refractivity (Wildman–Crippen MR) is 80.0 cm³/mol. The van der Waals surface area contributed by atoms with E-state index in [9.17, 15) is 0 Å². The van der Waals surface area contributed by atoms with Crippen molar-refractivity contribution in [2.24, 2.45) is 7.05 Å². The third-order valence-electron chi connectivity index (χ3n) is 3.17. The number of nitrogens with zero attached hydrogens (tertiary/aromatic N) is 3. The van der Waals surface area contributed by atoms with Crippen LogP contribution in [0.4, 0.5) is 0 Å². The topological polar surface area (TPSA) is 42.7 Å². The van der Waals surface area contributed by atoms with Gasteiger partial charge in [0.25, 0.3) is 0 Å². The van der Waals surface area contributed by atoms with Crippen LogP contribution in [0.3, 0.4) is 0 Å². The number of halogens is 1. The molecular weight excluding hydrogens is 304 g/mol. The van der Waals surface area contributed by atoms with E-state index in [-0.39, 0.29) is 6.04 Å². The van der Waals surface area contributed by atoms with Crippen molar-refractivity contribution in [3.05, 3.63) is 46.0 Å². The first kappa shape index (κ1) is 14.2. The van der Waals surface area contributed by atoms with Crippen molar-refractivity contribution in [2.45, 2.75) is 26.3 Å². The molecule has 2 aromatic heterocycles. The molecule has 2 heterocycles. The van der Waals surface area contributed by atoms with Crippen LogP contribution in [0.2, 0.25) is 0 Å². The lowest BCUT2D eigenvalue weighted by atomic mass is 10.0. The Morgan fingerprint density at radius 3 is 2.84 bits per heavy atom. The molecule has 0 radical (unpaired) electrons. The number of hydrogen-bond donors (Lipinski definition) is 1. The van der Waals surface area contributed by atoms with E-state index >= 15 is 0 Å². The van der Waals surface area contributed by atoms with Crippen molar-refractivity contribution >= 4 is 15.9 Å². The highest BCUT2D eigenvalue weighted by atomic mass is 79.9. The van der Waals surface area contributed by atoms with Gasteiger partial charge in [-0.1, -0.05) is 13.0 Å². The van der Waals surface area contributed by atoms with Crippen molar-refractivity contribution in [3.63, 3.8) is 0 Å². The summed E-state index contributed by atoms with van der Waals surface area (Å²) in [6, 6.07) is 4.21. The molecule has 0 amide bonds. The fraction of sp³-hybridized carbons (Fsp3) is 0.429.